The fourth-order valence-electron chi connectivity index (χ4n) is 3.11. The van der Waals surface area contributed by atoms with Gasteiger partial charge in [0, 0.05) is 13.0 Å². The molecule has 3 rings (SSSR count). The topological polar surface area (TPSA) is 62.6 Å². The van der Waals surface area contributed by atoms with E-state index in [0.717, 1.165) is 5.56 Å². The van der Waals surface area contributed by atoms with Gasteiger partial charge in [-0.1, -0.05) is 49.4 Å². The minimum Gasteiger partial charge on any atom is -0.467 e. The highest BCUT2D eigenvalue weighted by molar-refractivity contribution is 5.88. The summed E-state index contributed by atoms with van der Waals surface area (Å²) in [6.45, 7) is 2.17. The molecule has 0 saturated heterocycles. The lowest BCUT2D eigenvalue weighted by molar-refractivity contribution is -0.141. The number of nitrogens with one attached hydrogen (secondary N) is 1. The number of benzene rings is 2. The molecule has 150 valence electrons. The number of furan rings is 1. The highest BCUT2D eigenvalue weighted by atomic mass is 19.1. The maximum atomic E-state index is 13.3. The second-order valence-electron chi connectivity index (χ2n) is 6.61. The number of amides is 2. The van der Waals surface area contributed by atoms with Gasteiger partial charge in [0.1, 0.15) is 17.6 Å². The van der Waals surface area contributed by atoms with Gasteiger partial charge in [0.15, 0.2) is 0 Å². The normalized spacial score (nSPS) is 11.7. The zero-order chi connectivity index (χ0) is 20.6. The van der Waals surface area contributed by atoms with E-state index in [4.69, 9.17) is 4.42 Å². The van der Waals surface area contributed by atoms with E-state index in [1.165, 1.54) is 23.3 Å². The third kappa shape index (κ3) is 5.31. The molecular weight excluding hydrogens is 371 g/mol. The number of carbonyl (C=O) groups is 2. The number of hydrogen-bond donors (Lipinski definition) is 1. The Morgan fingerprint density at radius 2 is 1.76 bits per heavy atom. The van der Waals surface area contributed by atoms with Crippen molar-refractivity contribution in [3.8, 4) is 0 Å². The van der Waals surface area contributed by atoms with Gasteiger partial charge in [-0.2, -0.15) is 0 Å². The maximum Gasteiger partial charge on any atom is 0.247 e. The average Bonchev–Trinajstić information content (AvgIpc) is 3.27. The predicted octanol–water partition coefficient (Wildman–Crippen LogP) is 4.22. The van der Waals surface area contributed by atoms with E-state index in [9.17, 15) is 14.0 Å². The molecule has 2 aromatic carbocycles. The molecule has 1 N–H and O–H groups in total. The molecule has 0 spiro atoms. The summed E-state index contributed by atoms with van der Waals surface area (Å²) in [4.78, 5) is 27.5. The Hall–Kier alpha value is -3.41. The largest absolute Gasteiger partial charge is 0.467 e. The van der Waals surface area contributed by atoms with Crippen LogP contribution in [0.1, 0.15) is 36.3 Å². The number of hydrogen-bond acceptors (Lipinski definition) is 3. The van der Waals surface area contributed by atoms with Crippen LogP contribution in [-0.4, -0.2) is 16.7 Å². The van der Waals surface area contributed by atoms with Gasteiger partial charge in [-0.15, -0.1) is 0 Å². The summed E-state index contributed by atoms with van der Waals surface area (Å²) in [5, 5.41) is 2.85. The quantitative estimate of drug-likeness (QED) is 0.622. The van der Waals surface area contributed by atoms with Gasteiger partial charge in [-0.05, 0) is 35.4 Å². The highest BCUT2D eigenvalue weighted by Gasteiger charge is 2.30. The molecule has 0 saturated carbocycles. The summed E-state index contributed by atoms with van der Waals surface area (Å²) in [6, 6.07) is 17.8. The van der Waals surface area contributed by atoms with Crippen LogP contribution in [0.25, 0.3) is 0 Å². The minimum absolute atomic E-state index is 0.170. The zero-order valence-electron chi connectivity index (χ0n) is 16.2. The number of nitrogens with zero attached hydrogens (tertiary/aromatic N) is 1. The molecule has 0 aliphatic rings. The second kappa shape index (κ2) is 9.68. The first-order valence-corrected chi connectivity index (χ1v) is 9.47. The SMILES string of the molecule is CCC(=O)N(Cc1ccc(F)cc1)C(C(=O)NCc1ccco1)c1ccccc1. The lowest BCUT2D eigenvalue weighted by atomic mass is 10.0. The van der Waals surface area contributed by atoms with E-state index in [1.807, 2.05) is 30.3 Å². The van der Waals surface area contributed by atoms with Crippen molar-refractivity contribution in [1.29, 1.82) is 0 Å². The molecule has 1 unspecified atom stereocenters. The molecule has 0 aliphatic carbocycles. The molecule has 1 heterocycles. The number of halogens is 1. The third-order valence-electron chi connectivity index (χ3n) is 4.58. The molecule has 0 aliphatic heterocycles. The first kappa shape index (κ1) is 20.3. The molecule has 0 fully saturated rings. The van der Waals surface area contributed by atoms with E-state index in [1.54, 1.807) is 31.2 Å². The first-order chi connectivity index (χ1) is 14.1. The van der Waals surface area contributed by atoms with Crippen LogP contribution >= 0.6 is 0 Å². The van der Waals surface area contributed by atoms with Crippen LogP contribution in [0.15, 0.2) is 77.4 Å². The molecular formula is C23H23FN2O3. The maximum absolute atomic E-state index is 13.3. The summed E-state index contributed by atoms with van der Waals surface area (Å²) in [6.07, 6.45) is 1.79. The van der Waals surface area contributed by atoms with Gasteiger partial charge in [0.2, 0.25) is 11.8 Å². The molecule has 1 aromatic heterocycles. The Balaban J connectivity index is 1.90. The fraction of sp³-hybridized carbons (Fsp3) is 0.217. The fourth-order valence-corrected chi connectivity index (χ4v) is 3.11. The molecule has 0 radical (unpaired) electrons. The zero-order valence-corrected chi connectivity index (χ0v) is 16.2. The third-order valence-corrected chi connectivity index (χ3v) is 4.58. The van der Waals surface area contributed by atoms with Gasteiger partial charge in [0.05, 0.1) is 12.8 Å². The van der Waals surface area contributed by atoms with E-state index in [2.05, 4.69) is 5.32 Å². The monoisotopic (exact) mass is 394 g/mol. The lowest BCUT2D eigenvalue weighted by Gasteiger charge is -2.31. The van der Waals surface area contributed by atoms with Crippen molar-refractivity contribution in [3.63, 3.8) is 0 Å². The van der Waals surface area contributed by atoms with Gasteiger partial charge < -0.3 is 14.6 Å². The summed E-state index contributed by atoms with van der Waals surface area (Å²) >= 11 is 0. The van der Waals surface area contributed by atoms with E-state index < -0.39 is 6.04 Å². The van der Waals surface area contributed by atoms with Crippen molar-refractivity contribution in [2.45, 2.75) is 32.5 Å². The predicted molar refractivity (Wildman–Crippen MR) is 107 cm³/mol. The van der Waals surface area contributed by atoms with Gasteiger partial charge in [0.25, 0.3) is 0 Å². The van der Waals surface area contributed by atoms with E-state index in [0.29, 0.717) is 11.3 Å². The molecule has 29 heavy (non-hydrogen) atoms. The van der Waals surface area contributed by atoms with Crippen molar-refractivity contribution < 1.29 is 18.4 Å². The highest BCUT2D eigenvalue weighted by Crippen LogP contribution is 2.25. The van der Waals surface area contributed by atoms with Crippen LogP contribution in [0, 0.1) is 5.82 Å². The minimum atomic E-state index is -0.816. The Kier molecular flexibility index (Phi) is 6.79. The standard InChI is InChI=1S/C23H23FN2O3/c1-2-21(27)26(16-17-10-12-19(24)13-11-17)22(18-7-4-3-5-8-18)23(28)25-15-20-9-6-14-29-20/h3-14,22H,2,15-16H2,1H3,(H,25,28). The Labute approximate surface area is 169 Å². The van der Waals surface area contributed by atoms with Crippen LogP contribution < -0.4 is 5.32 Å². The molecule has 1 atom stereocenters. The smallest absolute Gasteiger partial charge is 0.247 e. The van der Waals surface area contributed by atoms with Gasteiger partial charge >= 0.3 is 0 Å². The molecule has 0 bridgehead atoms. The van der Waals surface area contributed by atoms with E-state index >= 15 is 0 Å². The van der Waals surface area contributed by atoms with Crippen LogP contribution in [-0.2, 0) is 22.7 Å². The van der Waals surface area contributed by atoms with Crippen LogP contribution in [0.2, 0.25) is 0 Å². The first-order valence-electron chi connectivity index (χ1n) is 9.47. The lowest BCUT2D eigenvalue weighted by Crippen LogP contribution is -2.43. The molecule has 2 amide bonds. The van der Waals surface area contributed by atoms with Gasteiger partial charge in [-0.25, -0.2) is 4.39 Å². The van der Waals surface area contributed by atoms with Crippen molar-refractivity contribution in [3.05, 3.63) is 95.7 Å². The van der Waals surface area contributed by atoms with Crippen molar-refractivity contribution in [2.75, 3.05) is 0 Å². The van der Waals surface area contributed by atoms with Crippen LogP contribution in [0.4, 0.5) is 4.39 Å². The molecule has 5 nitrogen and oxygen atoms in total. The van der Waals surface area contributed by atoms with Crippen molar-refractivity contribution >= 4 is 11.8 Å². The van der Waals surface area contributed by atoms with E-state index in [-0.39, 0.29) is 37.1 Å². The molecule has 6 heteroatoms. The Morgan fingerprint density at radius 3 is 2.38 bits per heavy atom. The Morgan fingerprint density at radius 1 is 1.03 bits per heavy atom. The summed E-state index contributed by atoms with van der Waals surface area (Å²) in [5.74, 6) is -0.206. The average molecular weight is 394 g/mol. The number of carbonyl (C=O) groups excluding carboxylic acids is 2. The number of rotatable bonds is 8. The van der Waals surface area contributed by atoms with Crippen LogP contribution in [0.3, 0.4) is 0 Å². The van der Waals surface area contributed by atoms with Crippen molar-refractivity contribution in [2.24, 2.45) is 0 Å². The summed E-state index contributed by atoms with van der Waals surface area (Å²) < 4.78 is 18.6. The van der Waals surface area contributed by atoms with Gasteiger partial charge in [-0.3, -0.25) is 9.59 Å². The van der Waals surface area contributed by atoms with Crippen molar-refractivity contribution in [1.82, 2.24) is 10.2 Å². The second-order valence-corrected chi connectivity index (χ2v) is 6.61. The summed E-state index contributed by atoms with van der Waals surface area (Å²) in [7, 11) is 0. The summed E-state index contributed by atoms with van der Waals surface area (Å²) in [5.41, 5.74) is 1.45. The molecule has 3 aromatic rings. The van der Waals surface area contributed by atoms with Crippen LogP contribution in [0.5, 0.6) is 0 Å². The Bertz CT molecular complexity index is 925.